The Morgan fingerprint density at radius 1 is 1.32 bits per heavy atom. The van der Waals surface area contributed by atoms with Gasteiger partial charge >= 0.3 is 5.97 Å². The molecule has 1 heterocycles. The van der Waals surface area contributed by atoms with E-state index in [1.165, 1.54) is 12.1 Å². The van der Waals surface area contributed by atoms with Gasteiger partial charge in [0.2, 0.25) is 0 Å². The molecule has 1 aliphatic rings. The number of halogens is 2. The molecule has 0 N–H and O–H groups in total. The van der Waals surface area contributed by atoms with Crippen LogP contribution in [0.4, 0.5) is 4.39 Å². The summed E-state index contributed by atoms with van der Waals surface area (Å²) in [5, 5.41) is -0.557. The fraction of sp³-hybridized carbons (Fsp3) is 0.250. The highest BCUT2D eigenvalue weighted by Gasteiger charge is 2.55. The summed E-state index contributed by atoms with van der Waals surface area (Å²) in [6, 6.07) is 5.92. The van der Waals surface area contributed by atoms with Crippen LogP contribution in [0.3, 0.4) is 0 Å². The summed E-state index contributed by atoms with van der Waals surface area (Å²) >= 11 is 2.80. The number of hydrogen-bond donors (Lipinski definition) is 0. The number of alkyl halides is 2. The van der Waals surface area contributed by atoms with Gasteiger partial charge < -0.3 is 4.74 Å². The van der Waals surface area contributed by atoms with Crippen molar-refractivity contribution in [3.05, 3.63) is 35.4 Å². The Balaban J connectivity index is 2.52. The van der Waals surface area contributed by atoms with Gasteiger partial charge in [-0.2, -0.15) is 0 Å². The zero-order chi connectivity index (χ0) is 14.2. The highest BCUT2D eigenvalue weighted by molar-refractivity contribution is 9.09. The number of methoxy groups -OCH3 is 1. The molecule has 0 spiro atoms. The van der Waals surface area contributed by atoms with E-state index in [-0.39, 0.29) is 16.0 Å². The predicted octanol–water partition coefficient (Wildman–Crippen LogP) is 1.52. The van der Waals surface area contributed by atoms with E-state index >= 15 is 0 Å². The topological polar surface area (TPSA) is 63.7 Å². The molecule has 7 heteroatoms. The lowest BCUT2D eigenvalue weighted by Gasteiger charge is -2.28. The summed E-state index contributed by atoms with van der Waals surface area (Å²) in [4.78, 5) is 35.9. The largest absolute Gasteiger partial charge is 0.465 e. The molecular weight excluding hydrogens is 321 g/mol. The number of nitrogens with zero attached hydrogens (tertiary/aromatic N) is 1. The molecule has 100 valence electrons. The van der Waals surface area contributed by atoms with Gasteiger partial charge in [-0.1, -0.05) is 28.1 Å². The van der Waals surface area contributed by atoms with Crippen LogP contribution < -0.4 is 0 Å². The zero-order valence-corrected chi connectivity index (χ0v) is 11.4. The maximum Gasteiger partial charge on any atom is 0.366 e. The van der Waals surface area contributed by atoms with Crippen molar-refractivity contribution >= 4 is 33.7 Å². The average Bonchev–Trinajstić information content (AvgIpc) is 2.70. The standard InChI is InChI=1S/C12H9BrFNO4/c1-19-11(18)12(14,6-13)15-9(16)7-4-2-3-5-8(7)10(15)17/h2-5H,6H2,1H3. The molecule has 0 radical (unpaired) electrons. The first kappa shape index (κ1) is 13.7. The van der Waals surface area contributed by atoms with Crippen molar-refractivity contribution < 1.29 is 23.5 Å². The monoisotopic (exact) mass is 329 g/mol. The van der Waals surface area contributed by atoms with Gasteiger partial charge in [0.05, 0.1) is 23.6 Å². The Kier molecular flexibility index (Phi) is 3.40. The maximum absolute atomic E-state index is 14.6. The van der Waals surface area contributed by atoms with Gasteiger partial charge in [0, 0.05) is 0 Å². The van der Waals surface area contributed by atoms with Crippen LogP contribution in [0.25, 0.3) is 0 Å². The predicted molar refractivity (Wildman–Crippen MR) is 66.6 cm³/mol. The SMILES string of the molecule is COC(=O)C(F)(CBr)N1C(=O)c2ccccc2C1=O. The highest BCUT2D eigenvalue weighted by atomic mass is 79.9. The quantitative estimate of drug-likeness (QED) is 0.365. The van der Waals surface area contributed by atoms with E-state index in [1.807, 2.05) is 0 Å². The van der Waals surface area contributed by atoms with Gasteiger partial charge in [0.1, 0.15) is 0 Å². The van der Waals surface area contributed by atoms with Crippen LogP contribution in [0.5, 0.6) is 0 Å². The molecule has 19 heavy (non-hydrogen) atoms. The lowest BCUT2D eigenvalue weighted by molar-refractivity contribution is -0.161. The van der Waals surface area contributed by atoms with E-state index in [0.29, 0.717) is 0 Å². The van der Waals surface area contributed by atoms with Crippen LogP contribution in [0.1, 0.15) is 20.7 Å². The number of ether oxygens (including phenoxy) is 1. The molecule has 2 amide bonds. The maximum atomic E-state index is 14.6. The normalized spacial score (nSPS) is 17.1. The van der Waals surface area contributed by atoms with E-state index in [1.54, 1.807) is 12.1 Å². The second-order valence-corrected chi connectivity index (χ2v) is 4.44. The van der Waals surface area contributed by atoms with Gasteiger partial charge in [-0.15, -0.1) is 0 Å². The van der Waals surface area contributed by atoms with Crippen LogP contribution in [0.2, 0.25) is 0 Å². The number of esters is 1. The fourth-order valence-electron chi connectivity index (χ4n) is 1.87. The molecule has 0 fully saturated rings. The molecule has 0 saturated carbocycles. The second kappa shape index (κ2) is 4.73. The molecule has 0 saturated heterocycles. The fourth-order valence-corrected chi connectivity index (χ4v) is 2.35. The van der Waals surface area contributed by atoms with Crippen molar-refractivity contribution in [1.82, 2.24) is 4.90 Å². The van der Waals surface area contributed by atoms with Crippen LogP contribution in [0, 0.1) is 0 Å². The molecule has 5 nitrogen and oxygen atoms in total. The lowest BCUT2D eigenvalue weighted by atomic mass is 10.1. The molecule has 1 aliphatic heterocycles. The number of benzene rings is 1. The van der Waals surface area contributed by atoms with Crippen LogP contribution in [-0.2, 0) is 9.53 Å². The number of amides is 2. The molecule has 0 aromatic heterocycles. The molecule has 1 unspecified atom stereocenters. The van der Waals surface area contributed by atoms with Crippen LogP contribution in [0.15, 0.2) is 24.3 Å². The van der Waals surface area contributed by atoms with Crippen LogP contribution >= 0.6 is 15.9 Å². The molecular formula is C12H9BrFNO4. The van der Waals surface area contributed by atoms with E-state index in [2.05, 4.69) is 20.7 Å². The summed E-state index contributed by atoms with van der Waals surface area (Å²) < 4.78 is 19.0. The minimum atomic E-state index is -2.86. The van der Waals surface area contributed by atoms with E-state index in [9.17, 15) is 18.8 Å². The first-order valence-corrected chi connectivity index (χ1v) is 6.40. The van der Waals surface area contributed by atoms with E-state index in [4.69, 9.17) is 0 Å². The summed E-state index contributed by atoms with van der Waals surface area (Å²) in [6.45, 7) is 0. The highest BCUT2D eigenvalue weighted by Crippen LogP contribution is 2.32. The third-order valence-electron chi connectivity index (χ3n) is 2.82. The third kappa shape index (κ3) is 1.85. The first-order chi connectivity index (χ1) is 8.97. The Bertz CT molecular complexity index is 542. The number of hydrogen-bond acceptors (Lipinski definition) is 4. The number of imide groups is 1. The number of fused-ring (bicyclic) bond motifs is 1. The van der Waals surface area contributed by atoms with Gasteiger partial charge in [0.25, 0.3) is 17.6 Å². The van der Waals surface area contributed by atoms with Gasteiger partial charge in [0.15, 0.2) is 0 Å². The Morgan fingerprint density at radius 2 is 1.79 bits per heavy atom. The zero-order valence-electron chi connectivity index (χ0n) is 9.85. The number of carbonyl (C=O) groups excluding carboxylic acids is 3. The molecule has 1 atom stereocenters. The number of carbonyl (C=O) groups is 3. The summed E-state index contributed by atoms with van der Waals surface area (Å²) in [5.74, 6) is -5.87. The molecule has 1 aromatic carbocycles. The van der Waals surface area contributed by atoms with E-state index in [0.717, 1.165) is 7.11 Å². The Labute approximate surface area is 116 Å². The van der Waals surface area contributed by atoms with Crippen molar-refractivity contribution in [3.63, 3.8) is 0 Å². The van der Waals surface area contributed by atoms with Crippen molar-refractivity contribution in [3.8, 4) is 0 Å². The van der Waals surface area contributed by atoms with Crippen molar-refractivity contribution in [2.75, 3.05) is 12.4 Å². The Morgan fingerprint density at radius 3 is 2.16 bits per heavy atom. The van der Waals surface area contributed by atoms with Gasteiger partial charge in [-0.05, 0) is 12.1 Å². The number of rotatable bonds is 3. The smallest absolute Gasteiger partial charge is 0.366 e. The second-order valence-electron chi connectivity index (χ2n) is 3.88. The van der Waals surface area contributed by atoms with Gasteiger partial charge in [-0.3, -0.25) is 9.59 Å². The summed E-state index contributed by atoms with van der Waals surface area (Å²) in [7, 11) is 0.984. The molecule has 1 aromatic rings. The van der Waals surface area contributed by atoms with Crippen molar-refractivity contribution in [2.24, 2.45) is 0 Å². The summed E-state index contributed by atoms with van der Waals surface area (Å²) in [5.41, 5.74) is 0.138. The van der Waals surface area contributed by atoms with Crippen molar-refractivity contribution in [2.45, 2.75) is 5.79 Å². The average molecular weight is 330 g/mol. The molecule has 0 aliphatic carbocycles. The summed E-state index contributed by atoms with van der Waals surface area (Å²) in [6.07, 6.45) is 0. The Hall–Kier alpha value is -1.76. The third-order valence-corrected chi connectivity index (χ3v) is 3.57. The van der Waals surface area contributed by atoms with Gasteiger partial charge in [-0.25, -0.2) is 14.1 Å². The minimum Gasteiger partial charge on any atom is -0.465 e. The van der Waals surface area contributed by atoms with E-state index < -0.39 is 28.9 Å². The first-order valence-electron chi connectivity index (χ1n) is 5.28. The van der Waals surface area contributed by atoms with Crippen molar-refractivity contribution in [1.29, 1.82) is 0 Å². The molecule has 0 bridgehead atoms. The van der Waals surface area contributed by atoms with Crippen LogP contribution in [-0.4, -0.2) is 40.9 Å². The lowest BCUT2D eigenvalue weighted by Crippen LogP contribution is -2.55. The molecule has 2 rings (SSSR count). The minimum absolute atomic E-state index is 0.0689.